The van der Waals surface area contributed by atoms with E-state index in [1.165, 1.54) is 29.9 Å². The van der Waals surface area contributed by atoms with Crippen molar-refractivity contribution in [3.8, 4) is 22.5 Å². The quantitative estimate of drug-likeness (QED) is 0.265. The Hall–Kier alpha value is -4.60. The van der Waals surface area contributed by atoms with Gasteiger partial charge >= 0.3 is 0 Å². The molecule has 3 heterocycles. The molecule has 4 aromatic rings. The van der Waals surface area contributed by atoms with Gasteiger partial charge in [-0.05, 0) is 74.9 Å². The van der Waals surface area contributed by atoms with Gasteiger partial charge in [0.1, 0.15) is 23.1 Å². The van der Waals surface area contributed by atoms with Gasteiger partial charge < -0.3 is 9.88 Å². The van der Waals surface area contributed by atoms with Gasteiger partial charge in [-0.15, -0.1) is 0 Å². The van der Waals surface area contributed by atoms with Crippen LogP contribution in [0.1, 0.15) is 38.5 Å². The summed E-state index contributed by atoms with van der Waals surface area (Å²) >= 11 is 0. The largest absolute Gasteiger partial charge is 0.378 e. The SMILES string of the molecule is C=c1c(=O)n(C)c(-c2cnc(-c3cc(F)cnc3C)c(F)c2)c/c1=C(/C=C(C)C)[C@@H](C)Nc1ccc(F)cc1C(F)F. The number of anilines is 1. The number of nitrogens with zero attached hydrogens (tertiary/aromatic N) is 3. The minimum atomic E-state index is -2.92. The molecule has 0 aliphatic rings. The van der Waals surface area contributed by atoms with Crippen LogP contribution < -0.4 is 21.3 Å². The van der Waals surface area contributed by atoms with Crippen molar-refractivity contribution < 1.29 is 22.0 Å². The highest BCUT2D eigenvalue weighted by molar-refractivity contribution is 5.71. The van der Waals surface area contributed by atoms with Crippen LogP contribution in [0.5, 0.6) is 0 Å². The second kappa shape index (κ2) is 12.1. The van der Waals surface area contributed by atoms with Gasteiger partial charge in [-0.3, -0.25) is 14.8 Å². The molecular weight excluding hydrogens is 551 g/mol. The van der Waals surface area contributed by atoms with Crippen LogP contribution in [-0.2, 0) is 7.05 Å². The fourth-order valence-electron chi connectivity index (χ4n) is 4.71. The monoisotopic (exact) mass is 580 g/mol. The van der Waals surface area contributed by atoms with E-state index in [4.69, 9.17) is 0 Å². The zero-order valence-electron chi connectivity index (χ0n) is 23.7. The predicted molar refractivity (Wildman–Crippen MR) is 155 cm³/mol. The van der Waals surface area contributed by atoms with Crippen LogP contribution in [0.25, 0.3) is 34.7 Å². The lowest BCUT2D eigenvalue weighted by atomic mass is 9.99. The van der Waals surface area contributed by atoms with Crippen molar-refractivity contribution in [2.24, 2.45) is 7.05 Å². The summed E-state index contributed by atoms with van der Waals surface area (Å²) in [5, 5.41) is 3.56. The van der Waals surface area contributed by atoms with E-state index in [1.807, 2.05) is 13.8 Å². The van der Waals surface area contributed by atoms with Crippen molar-refractivity contribution in [2.75, 3.05) is 5.32 Å². The molecule has 0 aliphatic carbocycles. The third-order valence-electron chi connectivity index (χ3n) is 6.82. The summed E-state index contributed by atoms with van der Waals surface area (Å²) in [5.74, 6) is -2.16. The predicted octanol–water partition coefficient (Wildman–Crippen LogP) is 6.20. The summed E-state index contributed by atoms with van der Waals surface area (Å²) in [7, 11) is 1.51. The van der Waals surface area contributed by atoms with Gasteiger partial charge in [0.2, 0.25) is 0 Å². The minimum Gasteiger partial charge on any atom is -0.378 e. The van der Waals surface area contributed by atoms with Gasteiger partial charge in [0, 0.05) is 52.6 Å². The van der Waals surface area contributed by atoms with Crippen molar-refractivity contribution in [3.05, 3.63) is 110 Å². The van der Waals surface area contributed by atoms with E-state index in [1.54, 1.807) is 26.0 Å². The number of pyridine rings is 3. The van der Waals surface area contributed by atoms with E-state index in [0.29, 0.717) is 22.2 Å². The summed E-state index contributed by atoms with van der Waals surface area (Å²) in [6.45, 7) is 11.0. The van der Waals surface area contributed by atoms with Gasteiger partial charge in [-0.25, -0.2) is 22.0 Å². The highest BCUT2D eigenvalue weighted by Crippen LogP contribution is 2.30. The summed E-state index contributed by atoms with van der Waals surface area (Å²) < 4.78 is 71.5. The van der Waals surface area contributed by atoms with E-state index in [2.05, 4.69) is 21.9 Å². The Kier molecular flexibility index (Phi) is 8.75. The maximum atomic E-state index is 15.4. The van der Waals surface area contributed by atoms with Crippen molar-refractivity contribution in [1.29, 1.82) is 0 Å². The van der Waals surface area contributed by atoms with E-state index >= 15 is 4.39 Å². The molecule has 10 heteroatoms. The van der Waals surface area contributed by atoms with Crippen LogP contribution in [0.2, 0.25) is 0 Å². The lowest BCUT2D eigenvalue weighted by Gasteiger charge is -2.21. The smallest absolute Gasteiger partial charge is 0.265 e. The van der Waals surface area contributed by atoms with E-state index < -0.39 is 41.0 Å². The Bertz CT molecular complexity index is 1880. The molecule has 3 aromatic heterocycles. The molecule has 0 radical (unpaired) electrons. The van der Waals surface area contributed by atoms with E-state index in [0.717, 1.165) is 30.0 Å². The molecular formula is C32H29F5N4O. The fourth-order valence-corrected chi connectivity index (χ4v) is 4.71. The second-order valence-electron chi connectivity index (χ2n) is 10.2. The molecule has 0 amide bonds. The molecule has 218 valence electrons. The Morgan fingerprint density at radius 3 is 2.38 bits per heavy atom. The number of allylic oxidation sites excluding steroid dienone is 1. The zero-order valence-corrected chi connectivity index (χ0v) is 23.7. The van der Waals surface area contributed by atoms with Gasteiger partial charge in [0.05, 0.1) is 11.9 Å². The Morgan fingerprint density at radius 2 is 1.74 bits per heavy atom. The Labute approximate surface area is 239 Å². The summed E-state index contributed by atoms with van der Waals surface area (Å²) in [6, 6.07) is 6.45. The molecule has 1 aromatic carbocycles. The molecule has 1 atom stereocenters. The lowest BCUT2D eigenvalue weighted by Crippen LogP contribution is -2.46. The molecule has 0 aliphatic heterocycles. The Balaban J connectivity index is 1.91. The summed E-state index contributed by atoms with van der Waals surface area (Å²) in [4.78, 5) is 21.5. The van der Waals surface area contributed by atoms with E-state index in [9.17, 15) is 22.4 Å². The number of nitrogens with one attached hydrogen (secondary N) is 1. The number of halogens is 5. The molecule has 0 bridgehead atoms. The molecule has 0 saturated carbocycles. The van der Waals surface area contributed by atoms with Crippen LogP contribution in [0.15, 0.2) is 65.2 Å². The number of hydrogen-bond donors (Lipinski definition) is 1. The second-order valence-corrected chi connectivity index (χ2v) is 10.2. The average molecular weight is 581 g/mol. The minimum absolute atomic E-state index is 0.0391. The number of alkyl halides is 2. The third kappa shape index (κ3) is 6.17. The summed E-state index contributed by atoms with van der Waals surface area (Å²) in [6.07, 6.45) is 1.28. The maximum absolute atomic E-state index is 15.4. The molecule has 0 spiro atoms. The van der Waals surface area contributed by atoms with Gasteiger partial charge in [-0.2, -0.15) is 0 Å². The highest BCUT2D eigenvalue weighted by atomic mass is 19.3. The molecule has 0 unspecified atom stereocenters. The van der Waals surface area contributed by atoms with Crippen molar-refractivity contribution in [3.63, 3.8) is 0 Å². The first-order chi connectivity index (χ1) is 19.8. The zero-order chi connectivity index (χ0) is 30.9. The number of hydrogen-bond acceptors (Lipinski definition) is 4. The lowest BCUT2D eigenvalue weighted by molar-refractivity contribution is 0.151. The van der Waals surface area contributed by atoms with Crippen LogP contribution >= 0.6 is 0 Å². The molecule has 1 N–H and O–H groups in total. The van der Waals surface area contributed by atoms with Gasteiger partial charge in [0.15, 0.2) is 0 Å². The van der Waals surface area contributed by atoms with Crippen LogP contribution in [0.3, 0.4) is 0 Å². The van der Waals surface area contributed by atoms with Crippen molar-refractivity contribution in [1.82, 2.24) is 14.5 Å². The van der Waals surface area contributed by atoms with Gasteiger partial charge in [0.25, 0.3) is 12.0 Å². The number of benzene rings is 1. The molecule has 42 heavy (non-hydrogen) atoms. The van der Waals surface area contributed by atoms with Crippen molar-refractivity contribution in [2.45, 2.75) is 40.2 Å². The van der Waals surface area contributed by atoms with Gasteiger partial charge in [-0.1, -0.05) is 18.2 Å². The number of aryl methyl sites for hydroxylation is 1. The maximum Gasteiger partial charge on any atom is 0.265 e. The fraction of sp³-hybridized carbons (Fsp3) is 0.219. The molecule has 5 nitrogen and oxygen atoms in total. The standard InChI is InChI=1S/C32H29F5N4O/c1-16(2)9-24(19(5)40-28-8-7-21(33)11-26(28)31(36)37)23-13-29(41(6)32(42)17(23)3)20-10-27(35)30(39-14-20)25-12-22(34)15-38-18(25)4/h7-15,19,31,40H,3H2,1-2,4-6H3/b24-23+/t19-/m1/s1. The molecule has 4 rings (SSSR count). The normalized spacial score (nSPS) is 12.7. The number of rotatable bonds is 7. The van der Waals surface area contributed by atoms with Crippen LogP contribution in [-0.4, -0.2) is 20.6 Å². The average Bonchev–Trinajstić information content (AvgIpc) is 2.93. The first-order valence-electron chi connectivity index (χ1n) is 13.0. The first-order valence-corrected chi connectivity index (χ1v) is 13.0. The molecule has 0 fully saturated rings. The van der Waals surface area contributed by atoms with Crippen LogP contribution in [0, 0.1) is 24.4 Å². The first kappa shape index (κ1) is 30.4. The van der Waals surface area contributed by atoms with Crippen LogP contribution in [0.4, 0.5) is 27.6 Å². The highest BCUT2D eigenvalue weighted by Gasteiger charge is 2.19. The summed E-state index contributed by atoms with van der Waals surface area (Å²) in [5.41, 5.74) is 1.58. The topological polar surface area (TPSA) is 59.8 Å². The van der Waals surface area contributed by atoms with E-state index in [-0.39, 0.29) is 27.7 Å². The Morgan fingerprint density at radius 1 is 1.02 bits per heavy atom. The van der Waals surface area contributed by atoms with Crippen molar-refractivity contribution >= 4 is 17.8 Å². The third-order valence-corrected chi connectivity index (χ3v) is 6.82. The number of aromatic nitrogens is 3. The molecule has 0 saturated heterocycles.